The Kier molecular flexibility index (Phi) is 5.26. The predicted octanol–water partition coefficient (Wildman–Crippen LogP) is 4.63. The van der Waals surface area contributed by atoms with Gasteiger partial charge in [-0.05, 0) is 45.0 Å². The van der Waals surface area contributed by atoms with E-state index in [2.05, 4.69) is 10.6 Å². The lowest BCUT2D eigenvalue weighted by Crippen LogP contribution is -2.27. The van der Waals surface area contributed by atoms with E-state index in [1.807, 2.05) is 51.1 Å². The molecule has 21 heavy (non-hydrogen) atoms. The van der Waals surface area contributed by atoms with Crippen LogP contribution in [0.1, 0.15) is 40.7 Å². The average Bonchev–Trinajstić information content (AvgIpc) is 2.87. The number of hydrogen-bond acceptors (Lipinski definition) is 3. The quantitative estimate of drug-likeness (QED) is 0.842. The van der Waals surface area contributed by atoms with Crippen LogP contribution in [0.5, 0.6) is 0 Å². The van der Waals surface area contributed by atoms with Crippen molar-refractivity contribution in [2.75, 3.05) is 11.9 Å². The first-order valence-electron chi connectivity index (χ1n) is 6.92. The molecule has 0 bridgehead atoms. The molecule has 1 atom stereocenters. The number of rotatable bonds is 5. The maximum absolute atomic E-state index is 12.5. The first-order valence-corrected chi connectivity index (χ1v) is 8.11. The van der Waals surface area contributed by atoms with Crippen LogP contribution in [-0.2, 0) is 0 Å². The number of nitrogens with one attached hydrogen (secondary N) is 2. The summed E-state index contributed by atoms with van der Waals surface area (Å²) >= 11 is 7.43. The standard InChI is InChI=1S/C16H19ClN2OS/c1-4-18-13-6-5-10(2)9-12(13)16(20)19-11(3)14-7-8-15(17)21-14/h5-9,11,18H,4H2,1-3H3,(H,19,20). The van der Waals surface area contributed by atoms with Gasteiger partial charge < -0.3 is 10.6 Å². The molecule has 2 N–H and O–H groups in total. The summed E-state index contributed by atoms with van der Waals surface area (Å²) in [6.07, 6.45) is 0. The molecule has 1 amide bonds. The third-order valence-corrected chi connectivity index (χ3v) is 4.57. The molecule has 0 spiro atoms. The van der Waals surface area contributed by atoms with Crippen LogP contribution in [0.15, 0.2) is 30.3 Å². The van der Waals surface area contributed by atoms with Crippen molar-refractivity contribution in [3.8, 4) is 0 Å². The molecule has 1 heterocycles. The van der Waals surface area contributed by atoms with Gasteiger partial charge in [0.2, 0.25) is 0 Å². The van der Waals surface area contributed by atoms with E-state index in [9.17, 15) is 4.79 Å². The Hall–Kier alpha value is -1.52. The maximum atomic E-state index is 12.5. The fourth-order valence-electron chi connectivity index (χ4n) is 2.10. The van der Waals surface area contributed by atoms with Crippen molar-refractivity contribution in [1.29, 1.82) is 0 Å². The monoisotopic (exact) mass is 322 g/mol. The molecule has 2 aromatic rings. The zero-order chi connectivity index (χ0) is 15.4. The molecule has 2 rings (SSSR count). The Morgan fingerprint density at radius 2 is 2.10 bits per heavy atom. The number of thiophene rings is 1. The highest BCUT2D eigenvalue weighted by Gasteiger charge is 2.16. The molecule has 3 nitrogen and oxygen atoms in total. The molecule has 0 aliphatic rings. The lowest BCUT2D eigenvalue weighted by molar-refractivity contribution is 0.0941. The number of carbonyl (C=O) groups is 1. The average molecular weight is 323 g/mol. The maximum Gasteiger partial charge on any atom is 0.253 e. The minimum Gasteiger partial charge on any atom is -0.385 e. The van der Waals surface area contributed by atoms with E-state index in [0.717, 1.165) is 27.0 Å². The van der Waals surface area contributed by atoms with Crippen LogP contribution >= 0.6 is 22.9 Å². The summed E-state index contributed by atoms with van der Waals surface area (Å²) in [6, 6.07) is 9.57. The van der Waals surface area contributed by atoms with Gasteiger partial charge in [0, 0.05) is 17.1 Å². The van der Waals surface area contributed by atoms with Gasteiger partial charge in [-0.25, -0.2) is 0 Å². The van der Waals surface area contributed by atoms with Gasteiger partial charge in [0.25, 0.3) is 5.91 Å². The Balaban J connectivity index is 2.18. The van der Waals surface area contributed by atoms with Crippen LogP contribution in [0.4, 0.5) is 5.69 Å². The van der Waals surface area contributed by atoms with E-state index >= 15 is 0 Å². The number of halogens is 1. The molecule has 1 aromatic carbocycles. The number of aryl methyl sites for hydroxylation is 1. The van der Waals surface area contributed by atoms with E-state index in [0.29, 0.717) is 5.56 Å². The number of amides is 1. The first kappa shape index (κ1) is 15.9. The van der Waals surface area contributed by atoms with Gasteiger partial charge in [0.05, 0.1) is 15.9 Å². The Labute approximate surface area is 134 Å². The smallest absolute Gasteiger partial charge is 0.253 e. The molecule has 5 heteroatoms. The highest BCUT2D eigenvalue weighted by Crippen LogP contribution is 2.27. The summed E-state index contributed by atoms with van der Waals surface area (Å²) in [5, 5.41) is 6.25. The molecule has 0 aliphatic carbocycles. The van der Waals surface area contributed by atoms with Crippen molar-refractivity contribution in [2.45, 2.75) is 26.8 Å². The lowest BCUT2D eigenvalue weighted by Gasteiger charge is -2.15. The van der Waals surface area contributed by atoms with Gasteiger partial charge in [0.15, 0.2) is 0 Å². The summed E-state index contributed by atoms with van der Waals surface area (Å²) in [5.41, 5.74) is 2.59. The van der Waals surface area contributed by atoms with E-state index < -0.39 is 0 Å². The number of carbonyl (C=O) groups excluding carboxylic acids is 1. The van der Waals surface area contributed by atoms with Crippen molar-refractivity contribution in [3.63, 3.8) is 0 Å². The van der Waals surface area contributed by atoms with Crippen LogP contribution in [0.25, 0.3) is 0 Å². The Bertz CT molecular complexity index is 639. The van der Waals surface area contributed by atoms with E-state index in [-0.39, 0.29) is 11.9 Å². The number of hydrogen-bond donors (Lipinski definition) is 2. The predicted molar refractivity (Wildman–Crippen MR) is 90.6 cm³/mol. The molecule has 0 saturated carbocycles. The van der Waals surface area contributed by atoms with Gasteiger partial charge in [0.1, 0.15) is 0 Å². The van der Waals surface area contributed by atoms with Crippen LogP contribution in [0, 0.1) is 6.92 Å². The highest BCUT2D eigenvalue weighted by molar-refractivity contribution is 7.16. The van der Waals surface area contributed by atoms with Gasteiger partial charge in [-0.1, -0.05) is 23.2 Å². The second kappa shape index (κ2) is 6.96. The zero-order valence-electron chi connectivity index (χ0n) is 12.4. The SMILES string of the molecule is CCNc1ccc(C)cc1C(=O)NC(C)c1ccc(Cl)s1. The van der Waals surface area contributed by atoms with E-state index in [1.54, 1.807) is 0 Å². The summed E-state index contributed by atoms with van der Waals surface area (Å²) in [4.78, 5) is 13.6. The summed E-state index contributed by atoms with van der Waals surface area (Å²) in [7, 11) is 0. The largest absolute Gasteiger partial charge is 0.385 e. The second-order valence-corrected chi connectivity index (χ2v) is 6.66. The topological polar surface area (TPSA) is 41.1 Å². The molecule has 1 aromatic heterocycles. The van der Waals surface area contributed by atoms with Gasteiger partial charge in [-0.15, -0.1) is 11.3 Å². The van der Waals surface area contributed by atoms with Gasteiger partial charge in [-0.3, -0.25) is 4.79 Å². The fourth-order valence-corrected chi connectivity index (χ4v) is 3.16. The lowest BCUT2D eigenvalue weighted by atomic mass is 10.1. The molecule has 112 valence electrons. The van der Waals surface area contributed by atoms with Crippen LogP contribution in [0.3, 0.4) is 0 Å². The van der Waals surface area contributed by atoms with Crippen molar-refractivity contribution in [1.82, 2.24) is 5.32 Å². The van der Waals surface area contributed by atoms with Gasteiger partial charge in [-0.2, -0.15) is 0 Å². The highest BCUT2D eigenvalue weighted by atomic mass is 35.5. The number of anilines is 1. The fraction of sp³-hybridized carbons (Fsp3) is 0.312. The molecule has 0 fully saturated rings. The second-order valence-electron chi connectivity index (χ2n) is 4.92. The Morgan fingerprint density at radius 3 is 2.71 bits per heavy atom. The van der Waals surface area contributed by atoms with Crippen molar-refractivity contribution >= 4 is 34.5 Å². The third kappa shape index (κ3) is 3.99. The summed E-state index contributed by atoms with van der Waals surface area (Å²) in [6.45, 7) is 6.73. The van der Waals surface area contributed by atoms with Crippen molar-refractivity contribution < 1.29 is 4.79 Å². The summed E-state index contributed by atoms with van der Waals surface area (Å²) < 4.78 is 0.731. The molecule has 0 radical (unpaired) electrons. The zero-order valence-corrected chi connectivity index (χ0v) is 13.9. The van der Waals surface area contributed by atoms with E-state index in [1.165, 1.54) is 11.3 Å². The third-order valence-electron chi connectivity index (χ3n) is 3.16. The number of benzene rings is 1. The molecule has 0 saturated heterocycles. The molecule has 1 unspecified atom stereocenters. The van der Waals surface area contributed by atoms with E-state index in [4.69, 9.17) is 11.6 Å². The first-order chi connectivity index (χ1) is 10.0. The molecular weight excluding hydrogens is 304 g/mol. The normalized spacial score (nSPS) is 12.0. The van der Waals surface area contributed by atoms with Crippen LogP contribution in [0.2, 0.25) is 4.34 Å². The van der Waals surface area contributed by atoms with Crippen LogP contribution in [-0.4, -0.2) is 12.5 Å². The van der Waals surface area contributed by atoms with Gasteiger partial charge >= 0.3 is 0 Å². The Morgan fingerprint density at radius 1 is 1.33 bits per heavy atom. The van der Waals surface area contributed by atoms with Crippen molar-refractivity contribution in [2.24, 2.45) is 0 Å². The van der Waals surface area contributed by atoms with Crippen LogP contribution < -0.4 is 10.6 Å². The minimum atomic E-state index is -0.0772. The molecular formula is C16H19ClN2OS. The minimum absolute atomic E-state index is 0.0648. The summed E-state index contributed by atoms with van der Waals surface area (Å²) in [5.74, 6) is -0.0772. The molecule has 0 aliphatic heterocycles. The van der Waals surface area contributed by atoms with Crippen molar-refractivity contribution in [3.05, 3.63) is 50.7 Å².